The summed E-state index contributed by atoms with van der Waals surface area (Å²) >= 11 is 5.06. The molecule has 0 aliphatic carbocycles. The second-order valence-electron chi connectivity index (χ2n) is 3.15. The standard InChI is InChI=1S/C11H14BrNOS/c1-15-7-6-11(14)13-8-9-2-4-10(12)5-3-9/h2-5H,6-8H2,1H3,(H,13,14). The molecule has 1 aromatic carbocycles. The Labute approximate surface area is 103 Å². The molecular formula is C11H14BrNOS. The number of rotatable bonds is 5. The molecule has 4 heteroatoms. The van der Waals surface area contributed by atoms with Crippen LogP contribution in [0.5, 0.6) is 0 Å². The van der Waals surface area contributed by atoms with E-state index in [0.717, 1.165) is 15.8 Å². The molecule has 0 aromatic heterocycles. The van der Waals surface area contributed by atoms with E-state index in [1.807, 2.05) is 30.5 Å². The third-order valence-corrected chi connectivity index (χ3v) is 3.08. The van der Waals surface area contributed by atoms with Crippen LogP contribution >= 0.6 is 27.7 Å². The molecule has 82 valence electrons. The molecule has 0 unspecified atom stereocenters. The normalized spacial score (nSPS) is 10.0. The first-order chi connectivity index (χ1) is 7.22. The van der Waals surface area contributed by atoms with E-state index in [2.05, 4.69) is 21.2 Å². The maximum Gasteiger partial charge on any atom is 0.221 e. The summed E-state index contributed by atoms with van der Waals surface area (Å²) in [6, 6.07) is 7.95. The maximum atomic E-state index is 11.3. The minimum Gasteiger partial charge on any atom is -0.352 e. The lowest BCUT2D eigenvalue weighted by molar-refractivity contribution is -0.120. The van der Waals surface area contributed by atoms with Gasteiger partial charge in [0.25, 0.3) is 0 Å². The zero-order chi connectivity index (χ0) is 11.1. The molecule has 0 radical (unpaired) electrons. The highest BCUT2D eigenvalue weighted by Gasteiger charge is 2.00. The molecular weight excluding hydrogens is 274 g/mol. The lowest BCUT2D eigenvalue weighted by Gasteiger charge is -2.04. The molecule has 0 spiro atoms. The number of thioether (sulfide) groups is 1. The third-order valence-electron chi connectivity index (χ3n) is 1.94. The van der Waals surface area contributed by atoms with Gasteiger partial charge in [0.1, 0.15) is 0 Å². The lowest BCUT2D eigenvalue weighted by atomic mass is 10.2. The van der Waals surface area contributed by atoms with Gasteiger partial charge in [0, 0.05) is 23.2 Å². The number of hydrogen-bond acceptors (Lipinski definition) is 2. The molecule has 0 bridgehead atoms. The molecule has 0 heterocycles. The van der Waals surface area contributed by atoms with Crippen molar-refractivity contribution in [3.8, 4) is 0 Å². The van der Waals surface area contributed by atoms with Gasteiger partial charge in [-0.25, -0.2) is 0 Å². The van der Waals surface area contributed by atoms with Crippen molar-refractivity contribution >= 4 is 33.6 Å². The van der Waals surface area contributed by atoms with Gasteiger partial charge < -0.3 is 5.32 Å². The number of carbonyl (C=O) groups is 1. The van der Waals surface area contributed by atoms with Crippen molar-refractivity contribution in [1.29, 1.82) is 0 Å². The molecule has 0 atom stereocenters. The van der Waals surface area contributed by atoms with Crippen LogP contribution in [-0.2, 0) is 11.3 Å². The van der Waals surface area contributed by atoms with Crippen molar-refractivity contribution in [2.45, 2.75) is 13.0 Å². The Balaban J connectivity index is 2.30. The Hall–Kier alpha value is -0.480. The minimum absolute atomic E-state index is 0.118. The van der Waals surface area contributed by atoms with Crippen LogP contribution in [0.3, 0.4) is 0 Å². The van der Waals surface area contributed by atoms with Gasteiger partial charge in [-0.3, -0.25) is 4.79 Å². The fourth-order valence-electron chi connectivity index (χ4n) is 1.09. The number of nitrogens with one attached hydrogen (secondary N) is 1. The van der Waals surface area contributed by atoms with Crippen molar-refractivity contribution < 1.29 is 4.79 Å². The second-order valence-corrected chi connectivity index (χ2v) is 5.05. The first-order valence-corrected chi connectivity index (χ1v) is 6.91. The van der Waals surface area contributed by atoms with Crippen molar-refractivity contribution in [2.75, 3.05) is 12.0 Å². The predicted octanol–water partition coefficient (Wildman–Crippen LogP) is 2.82. The Kier molecular flexibility index (Phi) is 5.79. The minimum atomic E-state index is 0.118. The van der Waals surface area contributed by atoms with Gasteiger partial charge >= 0.3 is 0 Å². The van der Waals surface area contributed by atoms with Gasteiger partial charge in [0.2, 0.25) is 5.91 Å². The predicted molar refractivity (Wildman–Crippen MR) is 69.0 cm³/mol. The van der Waals surface area contributed by atoms with Gasteiger partial charge in [-0.2, -0.15) is 11.8 Å². The van der Waals surface area contributed by atoms with E-state index in [4.69, 9.17) is 0 Å². The summed E-state index contributed by atoms with van der Waals surface area (Å²) in [6.45, 7) is 0.612. The van der Waals surface area contributed by atoms with Crippen LogP contribution in [0.4, 0.5) is 0 Å². The summed E-state index contributed by atoms with van der Waals surface area (Å²) in [4.78, 5) is 11.3. The van der Waals surface area contributed by atoms with Crippen LogP contribution in [-0.4, -0.2) is 17.9 Å². The highest BCUT2D eigenvalue weighted by molar-refractivity contribution is 9.10. The lowest BCUT2D eigenvalue weighted by Crippen LogP contribution is -2.22. The van der Waals surface area contributed by atoms with Crippen molar-refractivity contribution in [2.24, 2.45) is 0 Å². The number of carbonyl (C=O) groups excluding carboxylic acids is 1. The summed E-state index contributed by atoms with van der Waals surface area (Å²) in [7, 11) is 0. The van der Waals surface area contributed by atoms with Crippen LogP contribution in [0.25, 0.3) is 0 Å². The molecule has 1 amide bonds. The van der Waals surface area contributed by atoms with Crippen molar-refractivity contribution in [1.82, 2.24) is 5.32 Å². The Morgan fingerprint density at radius 2 is 2.07 bits per heavy atom. The van der Waals surface area contributed by atoms with Crippen LogP contribution in [0.15, 0.2) is 28.7 Å². The second kappa shape index (κ2) is 6.90. The average molecular weight is 288 g/mol. The first-order valence-electron chi connectivity index (χ1n) is 4.72. The molecule has 0 saturated carbocycles. The largest absolute Gasteiger partial charge is 0.352 e. The van der Waals surface area contributed by atoms with E-state index in [-0.39, 0.29) is 5.91 Å². The SMILES string of the molecule is CSCCC(=O)NCc1ccc(Br)cc1. The zero-order valence-electron chi connectivity index (χ0n) is 8.63. The number of benzene rings is 1. The highest BCUT2D eigenvalue weighted by Crippen LogP contribution is 2.10. The molecule has 0 fully saturated rings. The Morgan fingerprint density at radius 1 is 1.40 bits per heavy atom. The summed E-state index contributed by atoms with van der Waals surface area (Å²) in [5, 5.41) is 2.89. The molecule has 0 saturated heterocycles. The van der Waals surface area contributed by atoms with Gasteiger partial charge in [0.15, 0.2) is 0 Å². The van der Waals surface area contributed by atoms with Crippen molar-refractivity contribution in [3.05, 3.63) is 34.3 Å². The van der Waals surface area contributed by atoms with E-state index in [1.165, 1.54) is 0 Å². The molecule has 1 rings (SSSR count). The number of hydrogen-bond donors (Lipinski definition) is 1. The molecule has 1 N–H and O–H groups in total. The maximum absolute atomic E-state index is 11.3. The fourth-order valence-corrected chi connectivity index (χ4v) is 1.74. The number of amides is 1. The van der Waals surface area contributed by atoms with E-state index in [0.29, 0.717) is 13.0 Å². The quantitative estimate of drug-likeness (QED) is 0.902. The van der Waals surface area contributed by atoms with Crippen LogP contribution in [0.2, 0.25) is 0 Å². The highest BCUT2D eigenvalue weighted by atomic mass is 79.9. The summed E-state index contributed by atoms with van der Waals surface area (Å²) in [5.74, 6) is 0.999. The van der Waals surface area contributed by atoms with Crippen LogP contribution in [0, 0.1) is 0 Å². The number of halogens is 1. The van der Waals surface area contributed by atoms with Crippen LogP contribution < -0.4 is 5.32 Å². The van der Waals surface area contributed by atoms with Gasteiger partial charge in [-0.1, -0.05) is 28.1 Å². The van der Waals surface area contributed by atoms with E-state index in [1.54, 1.807) is 11.8 Å². The topological polar surface area (TPSA) is 29.1 Å². The summed E-state index contributed by atoms with van der Waals surface area (Å²) in [5.41, 5.74) is 1.12. The van der Waals surface area contributed by atoms with Gasteiger partial charge in [-0.15, -0.1) is 0 Å². The Bertz CT molecular complexity index is 313. The summed E-state index contributed by atoms with van der Waals surface area (Å²) in [6.07, 6.45) is 2.60. The fraction of sp³-hybridized carbons (Fsp3) is 0.364. The average Bonchev–Trinajstić information content (AvgIpc) is 2.25. The first kappa shape index (κ1) is 12.6. The Morgan fingerprint density at radius 3 is 2.67 bits per heavy atom. The summed E-state index contributed by atoms with van der Waals surface area (Å²) < 4.78 is 1.06. The van der Waals surface area contributed by atoms with Gasteiger partial charge in [0.05, 0.1) is 0 Å². The van der Waals surface area contributed by atoms with Crippen molar-refractivity contribution in [3.63, 3.8) is 0 Å². The van der Waals surface area contributed by atoms with E-state index >= 15 is 0 Å². The molecule has 0 aliphatic rings. The zero-order valence-corrected chi connectivity index (χ0v) is 11.0. The molecule has 1 aromatic rings. The smallest absolute Gasteiger partial charge is 0.221 e. The van der Waals surface area contributed by atoms with E-state index < -0.39 is 0 Å². The third kappa shape index (κ3) is 5.23. The molecule has 2 nitrogen and oxygen atoms in total. The molecule has 0 aliphatic heterocycles. The van der Waals surface area contributed by atoms with Gasteiger partial charge in [-0.05, 0) is 24.0 Å². The van der Waals surface area contributed by atoms with E-state index in [9.17, 15) is 4.79 Å². The molecule has 15 heavy (non-hydrogen) atoms. The monoisotopic (exact) mass is 287 g/mol. The van der Waals surface area contributed by atoms with Crippen LogP contribution in [0.1, 0.15) is 12.0 Å².